The van der Waals surface area contributed by atoms with Crippen LogP contribution in [0.3, 0.4) is 0 Å². The van der Waals surface area contributed by atoms with Crippen molar-refractivity contribution in [1.29, 1.82) is 0 Å². The van der Waals surface area contributed by atoms with Crippen LogP contribution in [0.1, 0.15) is 32.3 Å². The van der Waals surface area contributed by atoms with Crippen LogP contribution in [0.2, 0.25) is 0 Å². The molecule has 2 N–H and O–H groups in total. The Kier molecular flexibility index (Phi) is 7.62. The zero-order valence-corrected chi connectivity index (χ0v) is 14.4. The van der Waals surface area contributed by atoms with Gasteiger partial charge >= 0.3 is 6.18 Å². The molecule has 24 heavy (non-hydrogen) atoms. The minimum atomic E-state index is -4.70. The third-order valence-corrected chi connectivity index (χ3v) is 4.65. The van der Waals surface area contributed by atoms with Gasteiger partial charge in [-0.25, -0.2) is 8.51 Å². The van der Waals surface area contributed by atoms with Gasteiger partial charge in [-0.05, 0) is 30.5 Å². The molecule has 1 unspecified atom stereocenters. The second kappa shape index (κ2) is 8.98. The molecule has 0 fully saturated rings. The summed E-state index contributed by atoms with van der Waals surface area (Å²) in [6, 6.07) is 5.16. The normalized spacial score (nSPS) is 14.0. The lowest BCUT2D eigenvalue weighted by molar-refractivity contribution is -0.114. The molecular weight excluding hydrogens is 341 g/mol. The van der Waals surface area contributed by atoms with Crippen molar-refractivity contribution in [2.45, 2.75) is 37.8 Å². The maximum Gasteiger partial charge on any atom is 0.417 e. The van der Waals surface area contributed by atoms with E-state index in [1.54, 1.807) is 4.31 Å². The van der Waals surface area contributed by atoms with E-state index in [1.165, 1.54) is 24.3 Å². The van der Waals surface area contributed by atoms with Gasteiger partial charge in [-0.15, -0.1) is 0 Å². The highest BCUT2D eigenvalue weighted by atomic mass is 32.2. The molecule has 4 nitrogen and oxygen atoms in total. The molecule has 0 aliphatic carbocycles. The number of carbonyl (C=O) groups is 1. The molecule has 1 rings (SSSR count). The maximum atomic E-state index is 13.0. The Morgan fingerprint density at radius 1 is 1.17 bits per heavy atom. The van der Waals surface area contributed by atoms with Crippen molar-refractivity contribution in [3.8, 4) is 0 Å². The molecule has 0 spiro atoms. The van der Waals surface area contributed by atoms with Gasteiger partial charge in [-0.3, -0.25) is 4.79 Å². The number of alkyl halides is 3. The van der Waals surface area contributed by atoms with Crippen molar-refractivity contribution in [3.63, 3.8) is 0 Å². The van der Waals surface area contributed by atoms with Crippen molar-refractivity contribution in [2.75, 3.05) is 13.1 Å². The molecule has 0 radical (unpaired) electrons. The van der Waals surface area contributed by atoms with Crippen LogP contribution >= 0.6 is 0 Å². The molecule has 0 aromatic heterocycles. The fourth-order valence-corrected chi connectivity index (χ4v) is 3.51. The lowest BCUT2D eigenvalue weighted by Gasteiger charge is -2.20. The molecule has 1 atom stereocenters. The highest BCUT2D eigenvalue weighted by molar-refractivity contribution is 7.82. The number of nitrogens with two attached hydrogens (primary N) is 1. The Labute approximate surface area is 142 Å². The number of halogens is 3. The van der Waals surface area contributed by atoms with Crippen LogP contribution in [0, 0.1) is 0 Å². The molecule has 8 heteroatoms. The largest absolute Gasteiger partial charge is 0.417 e. The van der Waals surface area contributed by atoms with E-state index < -0.39 is 28.6 Å². The minimum Gasteiger partial charge on any atom is -0.366 e. The molecule has 0 bridgehead atoms. The predicted molar refractivity (Wildman–Crippen MR) is 88.2 cm³/mol. The Balaban J connectivity index is 3.11. The fraction of sp³-hybridized carbons (Fsp3) is 0.438. The Hall–Kier alpha value is -1.67. The monoisotopic (exact) mass is 362 g/mol. The Morgan fingerprint density at radius 2 is 1.67 bits per heavy atom. The smallest absolute Gasteiger partial charge is 0.366 e. The van der Waals surface area contributed by atoms with Gasteiger partial charge in [-0.1, -0.05) is 26.0 Å². The predicted octanol–water partition coefficient (Wildman–Crippen LogP) is 3.26. The molecule has 134 valence electrons. The number of hydrogen-bond donors (Lipinski definition) is 1. The molecule has 1 aromatic rings. The summed E-state index contributed by atoms with van der Waals surface area (Å²) in [5, 5.41) is 0. The molecule has 0 heterocycles. The van der Waals surface area contributed by atoms with Crippen LogP contribution in [0.4, 0.5) is 13.2 Å². The van der Waals surface area contributed by atoms with E-state index >= 15 is 0 Å². The van der Waals surface area contributed by atoms with E-state index in [0.29, 0.717) is 24.1 Å². The molecular formula is C16H21F3N2O2S. The summed E-state index contributed by atoms with van der Waals surface area (Å²) >= 11 is 0. The lowest BCUT2D eigenvalue weighted by Crippen LogP contribution is -2.27. The second-order valence-electron chi connectivity index (χ2n) is 5.16. The zero-order chi connectivity index (χ0) is 18.3. The summed E-state index contributed by atoms with van der Waals surface area (Å²) in [7, 11) is -1.43. The number of nitrogens with zero attached hydrogens (tertiary/aromatic N) is 1. The summed E-state index contributed by atoms with van der Waals surface area (Å²) in [6.07, 6.45) is -2.70. The first kappa shape index (κ1) is 20.4. The number of carbonyl (C=O) groups excluding carboxylic acids is 1. The van der Waals surface area contributed by atoms with Gasteiger partial charge in [0.05, 0.1) is 10.5 Å². The van der Waals surface area contributed by atoms with E-state index in [-0.39, 0.29) is 5.56 Å². The number of primary amides is 1. The summed E-state index contributed by atoms with van der Waals surface area (Å²) in [4.78, 5) is 11.2. The first-order valence-electron chi connectivity index (χ1n) is 7.56. The van der Waals surface area contributed by atoms with E-state index in [1.807, 2.05) is 13.8 Å². The standard InChI is InChI=1S/C16H21F3N2O2S/c1-3-9-21(10-4-2)24(23)13-7-5-12(6-8-13)14(11-15(20)22)16(17,18)19/h5-8,11H,3-4,9-10H2,1-2H3,(H2,20,22)/b14-11-. The van der Waals surface area contributed by atoms with Gasteiger partial charge in [-0.2, -0.15) is 13.2 Å². The molecule has 0 aliphatic rings. The summed E-state index contributed by atoms with van der Waals surface area (Å²) in [5.41, 5.74) is 3.53. The molecule has 0 saturated carbocycles. The van der Waals surface area contributed by atoms with Crippen LogP contribution in [-0.2, 0) is 15.8 Å². The van der Waals surface area contributed by atoms with Gasteiger partial charge in [0.2, 0.25) is 5.91 Å². The van der Waals surface area contributed by atoms with Crippen LogP contribution in [0.25, 0.3) is 5.57 Å². The Bertz CT molecular complexity index is 607. The van der Waals surface area contributed by atoms with Crippen molar-refractivity contribution in [2.24, 2.45) is 5.73 Å². The van der Waals surface area contributed by atoms with Crippen molar-refractivity contribution >= 4 is 22.5 Å². The van der Waals surface area contributed by atoms with Crippen LogP contribution in [0.5, 0.6) is 0 Å². The maximum absolute atomic E-state index is 13.0. The summed E-state index contributed by atoms with van der Waals surface area (Å²) < 4.78 is 53.3. The first-order valence-corrected chi connectivity index (χ1v) is 8.67. The molecule has 1 aromatic carbocycles. The molecule has 1 amide bonds. The van der Waals surface area contributed by atoms with Crippen LogP contribution < -0.4 is 5.73 Å². The van der Waals surface area contributed by atoms with Gasteiger partial charge in [0.25, 0.3) is 0 Å². The Morgan fingerprint density at radius 3 is 2.04 bits per heavy atom. The van der Waals surface area contributed by atoms with E-state index in [9.17, 15) is 22.2 Å². The number of allylic oxidation sites excluding steroid dienone is 1. The average Bonchev–Trinajstić information content (AvgIpc) is 2.51. The number of rotatable bonds is 8. The second-order valence-corrected chi connectivity index (χ2v) is 6.65. The van der Waals surface area contributed by atoms with E-state index in [4.69, 9.17) is 5.73 Å². The van der Waals surface area contributed by atoms with E-state index in [2.05, 4.69) is 0 Å². The topological polar surface area (TPSA) is 63.4 Å². The quantitative estimate of drug-likeness (QED) is 0.722. The van der Waals surface area contributed by atoms with Crippen LogP contribution in [0.15, 0.2) is 35.2 Å². The van der Waals surface area contributed by atoms with Crippen LogP contribution in [-0.4, -0.2) is 33.7 Å². The minimum absolute atomic E-state index is 0.195. The highest BCUT2D eigenvalue weighted by Crippen LogP contribution is 2.34. The summed E-state index contributed by atoms with van der Waals surface area (Å²) in [6.45, 7) is 5.20. The number of hydrogen-bond acceptors (Lipinski definition) is 2. The van der Waals surface area contributed by atoms with Gasteiger partial charge in [0.1, 0.15) is 11.0 Å². The fourth-order valence-electron chi connectivity index (χ4n) is 2.15. The van der Waals surface area contributed by atoms with Crippen molar-refractivity contribution in [3.05, 3.63) is 35.9 Å². The first-order chi connectivity index (χ1) is 11.2. The molecule has 0 saturated heterocycles. The number of amides is 1. The van der Waals surface area contributed by atoms with Crippen molar-refractivity contribution < 1.29 is 22.2 Å². The number of benzene rings is 1. The zero-order valence-electron chi connectivity index (χ0n) is 13.6. The lowest BCUT2D eigenvalue weighted by atomic mass is 10.1. The van der Waals surface area contributed by atoms with E-state index in [0.717, 1.165) is 12.8 Å². The SMILES string of the molecule is CCCN(CCC)S(=O)c1ccc(/C(=C/C(N)=O)C(F)(F)F)cc1. The summed E-state index contributed by atoms with van der Waals surface area (Å²) in [5.74, 6) is -1.17. The average molecular weight is 362 g/mol. The highest BCUT2D eigenvalue weighted by Gasteiger charge is 2.35. The third kappa shape index (κ3) is 5.76. The van der Waals surface area contributed by atoms with Gasteiger partial charge in [0.15, 0.2) is 0 Å². The molecule has 0 aliphatic heterocycles. The van der Waals surface area contributed by atoms with Crippen molar-refractivity contribution in [1.82, 2.24) is 4.31 Å². The van der Waals surface area contributed by atoms with Gasteiger partial charge in [0, 0.05) is 19.2 Å². The van der Waals surface area contributed by atoms with Gasteiger partial charge < -0.3 is 5.73 Å². The third-order valence-electron chi connectivity index (χ3n) is 3.14.